The Labute approximate surface area is 349 Å². The van der Waals surface area contributed by atoms with Crippen molar-refractivity contribution in [3.05, 3.63) is 66.5 Å². The summed E-state index contributed by atoms with van der Waals surface area (Å²) in [5.41, 5.74) is -1.65. The van der Waals surface area contributed by atoms with Crippen LogP contribution in [0.25, 0.3) is 21.9 Å². The molecule has 7 fully saturated rings. The van der Waals surface area contributed by atoms with Gasteiger partial charge in [-0.2, -0.15) is 0 Å². The summed E-state index contributed by atoms with van der Waals surface area (Å²) in [6, 6.07) is 12.6. The van der Waals surface area contributed by atoms with Gasteiger partial charge in [0, 0.05) is 17.2 Å². The normalized spacial score (nSPS) is 31.0. The van der Waals surface area contributed by atoms with Gasteiger partial charge in [0.2, 0.25) is 21.8 Å². The summed E-state index contributed by atoms with van der Waals surface area (Å²) in [6.07, 6.45) is 7.75. The molecule has 0 spiro atoms. The van der Waals surface area contributed by atoms with E-state index < -0.39 is 79.7 Å². The molecule has 5 atom stereocenters. The third kappa shape index (κ3) is 7.66. The van der Waals surface area contributed by atoms with Crippen molar-refractivity contribution in [2.75, 3.05) is 6.54 Å². The molecule has 3 aromatic rings. The average molecular weight is 842 g/mol. The molecule has 6 saturated carbocycles. The number of nitrogens with one attached hydrogen (secondary N) is 3. The molecule has 2 heterocycles. The maximum absolute atomic E-state index is 14.9. The number of nitrogens with zero attached hydrogens (tertiary/aromatic N) is 2. The Hall–Kier alpha value is -4.92. The Balaban J connectivity index is 1.01. The van der Waals surface area contributed by atoms with Crippen LogP contribution in [0.1, 0.15) is 91.4 Å². The van der Waals surface area contributed by atoms with E-state index in [-0.39, 0.29) is 19.4 Å². The van der Waals surface area contributed by atoms with E-state index in [4.69, 9.17) is 14.0 Å². The number of hydrogen-bond acceptors (Lipinski definition) is 10. The number of benzene rings is 2. The molecule has 1 aliphatic heterocycles. The molecule has 1 saturated heterocycles. The molecule has 4 bridgehead atoms. The smallest absolute Gasteiger partial charge is 0.408 e. The van der Waals surface area contributed by atoms with Gasteiger partial charge in [0.25, 0.3) is 5.91 Å². The molecule has 15 heteroatoms. The van der Waals surface area contributed by atoms with Gasteiger partial charge < -0.3 is 29.5 Å². The van der Waals surface area contributed by atoms with Crippen LogP contribution in [-0.4, -0.2) is 78.3 Å². The van der Waals surface area contributed by atoms with Crippen LogP contribution in [0.3, 0.4) is 0 Å². The second-order valence-electron chi connectivity index (χ2n) is 19.5. The second-order valence-corrected chi connectivity index (χ2v) is 21.5. The van der Waals surface area contributed by atoms with Crippen LogP contribution in [0.15, 0.2) is 70.8 Å². The van der Waals surface area contributed by atoms with Crippen molar-refractivity contribution in [1.82, 2.24) is 20.3 Å². The number of carbonyl (C=O) groups is 4. The fourth-order valence-electron chi connectivity index (χ4n) is 11.0. The Kier molecular flexibility index (Phi) is 10.1. The third-order valence-electron chi connectivity index (χ3n) is 13.8. The first kappa shape index (κ1) is 40.5. The molecule has 4 amide bonds. The standard InChI is InChI=1S/C45H55N5O9S/c1-5-10-29-24-45(29,41(53)49-60(55,56)31-15-16-31)47-39(51)34-20-30(59-48-37-32-11-6-8-13-35(32)57-36-14-9-7-12-33(36)37)25-50(34)40(52)38(43(2,3)4)46-42(54)58-44-21-26-17-27(22-44)19-28(18-26)23-44/h5-9,11-14,26-31,34,38H,1,10,15-25H2,2-4H3,(H,46,54)(H,47,51)(H,49,53)/t26?,27?,28?,29-,30-,34+,38-,44?,45-/m1/s1. The van der Waals surface area contributed by atoms with Crippen LogP contribution in [0.4, 0.5) is 4.79 Å². The lowest BCUT2D eigenvalue weighted by molar-refractivity contribution is -0.144. The molecule has 2 aromatic carbocycles. The lowest BCUT2D eigenvalue weighted by Gasteiger charge is -2.55. The zero-order valence-electron chi connectivity index (χ0n) is 34.5. The predicted octanol–water partition coefficient (Wildman–Crippen LogP) is 5.56. The topological polar surface area (TPSA) is 186 Å². The molecule has 0 unspecified atom stereocenters. The van der Waals surface area contributed by atoms with E-state index in [0.29, 0.717) is 64.3 Å². The quantitative estimate of drug-likeness (QED) is 0.119. The van der Waals surface area contributed by atoms with Gasteiger partial charge in [-0.05, 0) is 118 Å². The van der Waals surface area contributed by atoms with E-state index in [1.807, 2.05) is 69.3 Å². The Morgan fingerprint density at radius 1 is 0.933 bits per heavy atom. The van der Waals surface area contributed by atoms with E-state index in [1.165, 1.54) is 24.2 Å². The minimum absolute atomic E-state index is 0.00687. The molecule has 320 valence electrons. The molecular weight excluding hydrogens is 787 g/mol. The first-order valence-electron chi connectivity index (χ1n) is 21.5. The number of para-hydroxylation sites is 2. The predicted molar refractivity (Wildman–Crippen MR) is 222 cm³/mol. The zero-order valence-corrected chi connectivity index (χ0v) is 35.3. The van der Waals surface area contributed by atoms with E-state index in [1.54, 1.807) is 6.08 Å². The van der Waals surface area contributed by atoms with Gasteiger partial charge in [0.1, 0.15) is 45.9 Å². The van der Waals surface area contributed by atoms with Crippen molar-refractivity contribution in [3.8, 4) is 0 Å². The molecule has 7 aliphatic rings. The molecule has 14 nitrogen and oxygen atoms in total. The highest BCUT2D eigenvalue weighted by atomic mass is 32.2. The number of allylic oxidation sites excluding steroid dienone is 1. The number of carbonyl (C=O) groups excluding carboxylic acids is 4. The van der Waals surface area contributed by atoms with Crippen LogP contribution >= 0.6 is 0 Å². The first-order chi connectivity index (χ1) is 28.6. The number of rotatable bonds is 12. The second kappa shape index (κ2) is 14.9. The number of alkyl carbamates (subject to hydrolysis) is 1. The molecular formula is C45H55N5O9S. The molecule has 60 heavy (non-hydrogen) atoms. The van der Waals surface area contributed by atoms with Gasteiger partial charge in [-0.25, -0.2) is 13.2 Å². The van der Waals surface area contributed by atoms with Gasteiger partial charge in [0.15, 0.2) is 0 Å². The van der Waals surface area contributed by atoms with Crippen molar-refractivity contribution in [2.45, 2.75) is 126 Å². The van der Waals surface area contributed by atoms with Crippen molar-refractivity contribution < 1.29 is 41.6 Å². The number of ether oxygens (including phenoxy) is 1. The lowest BCUT2D eigenvalue weighted by atomic mass is 9.54. The maximum atomic E-state index is 14.9. The fourth-order valence-corrected chi connectivity index (χ4v) is 12.3. The maximum Gasteiger partial charge on any atom is 0.408 e. The van der Waals surface area contributed by atoms with Crippen molar-refractivity contribution in [2.24, 2.45) is 34.2 Å². The summed E-state index contributed by atoms with van der Waals surface area (Å²) in [5.74, 6) is -0.704. The highest BCUT2D eigenvalue weighted by molar-refractivity contribution is 7.91. The Morgan fingerprint density at radius 3 is 2.10 bits per heavy atom. The Morgan fingerprint density at radius 2 is 1.53 bits per heavy atom. The number of sulfonamides is 1. The fraction of sp³-hybridized carbons (Fsp3) is 0.578. The van der Waals surface area contributed by atoms with E-state index in [9.17, 15) is 27.6 Å². The summed E-state index contributed by atoms with van der Waals surface area (Å²) in [6.45, 7) is 9.27. The number of amides is 4. The number of likely N-dealkylation sites (tertiary alicyclic amines) is 1. The number of hydrogen-bond donors (Lipinski definition) is 3. The minimum atomic E-state index is -3.91. The highest BCUT2D eigenvalue weighted by Gasteiger charge is 2.62. The van der Waals surface area contributed by atoms with Gasteiger partial charge >= 0.3 is 6.09 Å². The molecule has 1 aromatic heterocycles. The summed E-state index contributed by atoms with van der Waals surface area (Å²) >= 11 is 0. The van der Waals surface area contributed by atoms with Crippen LogP contribution < -0.4 is 20.7 Å². The van der Waals surface area contributed by atoms with Gasteiger partial charge in [-0.3, -0.25) is 19.1 Å². The van der Waals surface area contributed by atoms with Gasteiger partial charge in [0.05, 0.1) is 11.8 Å². The summed E-state index contributed by atoms with van der Waals surface area (Å²) in [5, 5.41) is 11.8. The lowest BCUT2D eigenvalue weighted by Crippen LogP contribution is -2.61. The first-order valence-corrected chi connectivity index (χ1v) is 23.0. The molecule has 0 radical (unpaired) electrons. The third-order valence-corrected chi connectivity index (χ3v) is 15.6. The monoisotopic (exact) mass is 841 g/mol. The summed E-state index contributed by atoms with van der Waals surface area (Å²) in [4.78, 5) is 64.8. The summed E-state index contributed by atoms with van der Waals surface area (Å²) < 4.78 is 40.4. The largest absolute Gasteiger partial charge is 0.456 e. The van der Waals surface area contributed by atoms with E-state index in [2.05, 4.69) is 27.1 Å². The van der Waals surface area contributed by atoms with E-state index in [0.717, 1.165) is 19.3 Å². The summed E-state index contributed by atoms with van der Waals surface area (Å²) in [7, 11) is -3.91. The van der Waals surface area contributed by atoms with Crippen LogP contribution in [-0.2, 0) is 34.0 Å². The van der Waals surface area contributed by atoms with Crippen LogP contribution in [0, 0.1) is 29.1 Å². The van der Waals surface area contributed by atoms with Gasteiger partial charge in [-0.15, -0.1) is 6.58 Å². The Bertz CT molecular complexity index is 2350. The molecule has 10 rings (SSSR count). The van der Waals surface area contributed by atoms with Crippen molar-refractivity contribution >= 4 is 55.8 Å². The zero-order chi connectivity index (χ0) is 42.2. The van der Waals surface area contributed by atoms with Crippen molar-refractivity contribution in [3.63, 3.8) is 0 Å². The van der Waals surface area contributed by atoms with Crippen LogP contribution in [0.2, 0.25) is 0 Å². The van der Waals surface area contributed by atoms with Crippen LogP contribution in [0.5, 0.6) is 0 Å². The SMILES string of the molecule is C=CC[C@@H]1C[C@]1(NC(=O)[C@@H]1C[C@@H](ON=c2c3ccccc3oc3ccccc23)CN1C(=O)[C@@H](NC(=O)OC12CC3CC(CC(C3)C1)C2)C(C)(C)C)C(=O)NS(=O)(=O)C1CC1. The highest BCUT2D eigenvalue weighted by Crippen LogP contribution is 2.57. The minimum Gasteiger partial charge on any atom is -0.456 e. The van der Waals surface area contributed by atoms with E-state index >= 15 is 0 Å². The van der Waals surface area contributed by atoms with Gasteiger partial charge in [-0.1, -0.05) is 56.3 Å². The molecule has 3 N–H and O–H groups in total. The number of fused-ring (bicyclic) bond motifs is 2. The van der Waals surface area contributed by atoms with Crippen molar-refractivity contribution in [1.29, 1.82) is 0 Å². The average Bonchev–Trinajstić information content (AvgIpc) is 4.11. The molecule has 6 aliphatic carbocycles.